The molecule has 0 fully saturated rings. The Morgan fingerprint density at radius 1 is 0.438 bits per heavy atom. The molecule has 422 valence electrons. The van der Waals surface area contributed by atoms with Crippen LogP contribution in [0, 0.1) is 0 Å². The van der Waals surface area contributed by atoms with Crippen LogP contribution in [0.5, 0.6) is 0 Å². The van der Waals surface area contributed by atoms with Crippen molar-refractivity contribution in [1.82, 2.24) is 0 Å². The van der Waals surface area contributed by atoms with Gasteiger partial charge in [-0.25, -0.2) is 4.57 Å². The van der Waals surface area contributed by atoms with Crippen LogP contribution in [0.4, 0.5) is 0 Å². The summed E-state index contributed by atoms with van der Waals surface area (Å²) in [5.41, 5.74) is 0. The number of carbonyl (C=O) groups is 2. The van der Waals surface area contributed by atoms with Gasteiger partial charge in [0, 0.05) is 12.8 Å². The number of esters is 2. The number of phosphoric acid groups is 1. The summed E-state index contributed by atoms with van der Waals surface area (Å²) in [4.78, 5) is 35.6. The van der Waals surface area contributed by atoms with Crippen molar-refractivity contribution >= 4 is 19.8 Å². The van der Waals surface area contributed by atoms with E-state index in [9.17, 15) is 19.0 Å². The average Bonchev–Trinajstić information content (AvgIpc) is 3.35. The smallest absolute Gasteiger partial charge is 0.462 e. The van der Waals surface area contributed by atoms with Gasteiger partial charge in [0.1, 0.15) is 19.8 Å². The van der Waals surface area contributed by atoms with E-state index < -0.39 is 26.5 Å². The highest BCUT2D eigenvalue weighted by Crippen LogP contribution is 2.43. The van der Waals surface area contributed by atoms with Gasteiger partial charge in [0.25, 0.3) is 0 Å². The number of phosphoric ester groups is 1. The second kappa shape index (κ2) is 54.0. The molecule has 0 radical (unpaired) electrons. The Labute approximate surface area is 450 Å². The Kier molecular flexibility index (Phi) is 51.9. The molecule has 0 aromatic rings. The Hall–Kier alpha value is -2.81. The number of allylic oxidation sites excluding steroid dienone is 14. The third-order valence-electron chi connectivity index (χ3n) is 12.7. The van der Waals surface area contributed by atoms with Crippen LogP contribution in [0.25, 0.3) is 0 Å². The van der Waals surface area contributed by atoms with E-state index in [-0.39, 0.29) is 32.0 Å². The molecule has 2 atom stereocenters. The quantitative estimate of drug-likeness (QED) is 0.0211. The zero-order valence-electron chi connectivity index (χ0n) is 47.9. The molecule has 0 saturated heterocycles. The lowest BCUT2D eigenvalue weighted by atomic mass is 10.0. The summed E-state index contributed by atoms with van der Waals surface area (Å²) in [6.45, 7) is 4.27. The van der Waals surface area contributed by atoms with Crippen molar-refractivity contribution in [3.63, 3.8) is 0 Å². The second-order valence-corrected chi connectivity index (χ2v) is 22.5. The predicted octanol–water partition coefficient (Wildman–Crippen LogP) is 18.6. The minimum Gasteiger partial charge on any atom is -0.462 e. The van der Waals surface area contributed by atoms with Crippen LogP contribution in [0.2, 0.25) is 0 Å². The largest absolute Gasteiger partial charge is 0.472 e. The maximum Gasteiger partial charge on any atom is 0.472 e. The molecule has 0 aromatic carbocycles. The lowest BCUT2D eigenvalue weighted by molar-refractivity contribution is -0.870. The Morgan fingerprint density at radius 3 is 1.16 bits per heavy atom. The van der Waals surface area contributed by atoms with Gasteiger partial charge in [-0.1, -0.05) is 240 Å². The molecular weight excluding hydrogens is 930 g/mol. The van der Waals surface area contributed by atoms with Crippen molar-refractivity contribution in [3.8, 4) is 0 Å². The average molecular weight is 1040 g/mol. The van der Waals surface area contributed by atoms with E-state index in [0.717, 1.165) is 96.3 Å². The molecule has 0 aromatic heterocycles. The third-order valence-corrected chi connectivity index (χ3v) is 13.6. The van der Waals surface area contributed by atoms with Crippen molar-refractivity contribution in [2.45, 2.75) is 258 Å². The summed E-state index contributed by atoms with van der Waals surface area (Å²) in [5, 5.41) is 0. The third kappa shape index (κ3) is 58.3. The molecule has 2 unspecified atom stereocenters. The molecule has 73 heavy (non-hydrogen) atoms. The highest BCUT2D eigenvalue weighted by Gasteiger charge is 2.27. The van der Waals surface area contributed by atoms with Crippen LogP contribution in [-0.2, 0) is 32.7 Å². The summed E-state index contributed by atoms with van der Waals surface area (Å²) in [5.74, 6) is -0.810. The number of unbranched alkanes of at least 4 members (excludes halogenated alkanes) is 26. The normalized spacial score (nSPS) is 13.9. The van der Waals surface area contributed by atoms with Gasteiger partial charge in [0.2, 0.25) is 0 Å². The molecule has 0 spiro atoms. The molecule has 0 saturated carbocycles. The van der Waals surface area contributed by atoms with Crippen LogP contribution in [0.15, 0.2) is 85.1 Å². The number of carbonyl (C=O) groups excluding carboxylic acids is 2. The van der Waals surface area contributed by atoms with Crippen LogP contribution in [0.1, 0.15) is 251 Å². The van der Waals surface area contributed by atoms with Gasteiger partial charge in [-0.05, 0) is 83.5 Å². The van der Waals surface area contributed by atoms with Crippen LogP contribution in [-0.4, -0.2) is 74.9 Å². The van der Waals surface area contributed by atoms with Gasteiger partial charge < -0.3 is 18.9 Å². The van der Waals surface area contributed by atoms with Gasteiger partial charge >= 0.3 is 19.8 Å². The topological polar surface area (TPSA) is 108 Å². The first-order chi connectivity index (χ1) is 35.5. The molecule has 0 aliphatic heterocycles. The van der Waals surface area contributed by atoms with Crippen molar-refractivity contribution < 1.29 is 42.1 Å². The Balaban J connectivity index is 4.01. The lowest BCUT2D eigenvalue weighted by Gasteiger charge is -2.24. The standard InChI is InChI=1S/C63H112NO8P/c1-6-8-10-12-14-16-18-20-22-23-24-25-26-27-28-29-30-31-32-33-34-35-36-37-38-39-40-41-42-44-46-48-50-52-54-56-63(66)72-61(60-71-73(67,68)70-58-57-64(3,4)5)59-69-62(65)55-53-51-49-47-45-43-21-19-17-15-13-11-9-7-2/h8,10,13-16,19-22,24-25,27-28,61H,6-7,9,11-12,17-18,23,26,29-60H2,1-5H3/p+1/b10-8-,15-13-,16-14-,21-19-,22-20-,25-24-,28-27-. The van der Waals surface area contributed by atoms with Gasteiger partial charge in [-0.2, -0.15) is 0 Å². The van der Waals surface area contributed by atoms with Crippen LogP contribution >= 0.6 is 7.82 Å². The van der Waals surface area contributed by atoms with Crippen molar-refractivity contribution in [2.24, 2.45) is 0 Å². The van der Waals surface area contributed by atoms with Crippen molar-refractivity contribution in [2.75, 3.05) is 47.5 Å². The number of quaternary nitrogens is 1. The summed E-state index contributed by atoms with van der Waals surface area (Å²) < 4.78 is 34.5. The molecule has 0 aliphatic carbocycles. The van der Waals surface area contributed by atoms with Gasteiger partial charge in [-0.15, -0.1) is 0 Å². The molecule has 10 heteroatoms. The van der Waals surface area contributed by atoms with E-state index in [1.54, 1.807) is 0 Å². The maximum absolute atomic E-state index is 12.8. The predicted molar refractivity (Wildman–Crippen MR) is 312 cm³/mol. The highest BCUT2D eigenvalue weighted by atomic mass is 31.2. The van der Waals surface area contributed by atoms with Gasteiger partial charge in [0.05, 0.1) is 27.7 Å². The van der Waals surface area contributed by atoms with Gasteiger partial charge in [-0.3, -0.25) is 18.6 Å². The molecule has 9 nitrogen and oxygen atoms in total. The SMILES string of the molecule is CC/C=C\C/C=C\C/C=C\C/C=C\C/C=C\CCCCCCCCCCCCCCCCCCCCCC(=O)OC(COC(=O)CCCCCCC/C=C\C/C=C\CCCC)COP(=O)(O)OCC[N+](C)(C)C. The van der Waals surface area contributed by atoms with Crippen molar-refractivity contribution in [3.05, 3.63) is 85.1 Å². The summed E-state index contributed by atoms with van der Waals surface area (Å²) in [6, 6.07) is 0. The molecule has 0 heterocycles. The number of ether oxygens (including phenoxy) is 2. The number of rotatable bonds is 54. The first-order valence-corrected chi connectivity index (χ1v) is 31.3. The lowest BCUT2D eigenvalue weighted by Crippen LogP contribution is -2.37. The van der Waals surface area contributed by atoms with E-state index in [2.05, 4.69) is 98.9 Å². The summed E-state index contributed by atoms with van der Waals surface area (Å²) in [7, 11) is 1.47. The van der Waals surface area contributed by atoms with E-state index in [1.807, 2.05) is 21.1 Å². The number of likely N-dealkylation sites (N-methyl/N-ethyl adjacent to an activating group) is 1. The first-order valence-electron chi connectivity index (χ1n) is 29.8. The Morgan fingerprint density at radius 2 is 0.781 bits per heavy atom. The van der Waals surface area contributed by atoms with E-state index in [1.165, 1.54) is 122 Å². The zero-order chi connectivity index (χ0) is 53.5. The molecular formula is C63H113NO8P+. The summed E-state index contributed by atoms with van der Waals surface area (Å²) in [6.07, 6.45) is 72.4. The molecule has 0 aliphatic rings. The van der Waals surface area contributed by atoms with E-state index >= 15 is 0 Å². The van der Waals surface area contributed by atoms with E-state index in [0.29, 0.717) is 17.4 Å². The Bertz CT molecular complexity index is 1510. The maximum atomic E-state index is 12.8. The second-order valence-electron chi connectivity index (χ2n) is 21.0. The zero-order valence-corrected chi connectivity index (χ0v) is 48.7. The fourth-order valence-electron chi connectivity index (χ4n) is 8.06. The minimum absolute atomic E-state index is 0.0278. The number of hydrogen-bond donors (Lipinski definition) is 1. The number of nitrogens with zero attached hydrogens (tertiary/aromatic N) is 1. The van der Waals surface area contributed by atoms with Gasteiger partial charge in [0.15, 0.2) is 6.10 Å². The molecule has 1 N–H and O–H groups in total. The fraction of sp³-hybridized carbons (Fsp3) is 0.746. The molecule has 0 amide bonds. The molecule has 0 bridgehead atoms. The number of hydrogen-bond acceptors (Lipinski definition) is 7. The van der Waals surface area contributed by atoms with Crippen molar-refractivity contribution in [1.29, 1.82) is 0 Å². The highest BCUT2D eigenvalue weighted by molar-refractivity contribution is 7.47. The molecule has 0 rings (SSSR count). The van der Waals surface area contributed by atoms with Crippen LogP contribution in [0.3, 0.4) is 0 Å². The van der Waals surface area contributed by atoms with E-state index in [4.69, 9.17) is 18.5 Å². The van der Waals surface area contributed by atoms with Crippen LogP contribution < -0.4 is 0 Å². The summed E-state index contributed by atoms with van der Waals surface area (Å²) >= 11 is 0. The first kappa shape index (κ1) is 70.2. The monoisotopic (exact) mass is 1040 g/mol. The fourth-order valence-corrected chi connectivity index (χ4v) is 8.80. The minimum atomic E-state index is -4.39.